The molecule has 0 radical (unpaired) electrons. The molecule has 0 aliphatic carbocycles. The predicted octanol–water partition coefficient (Wildman–Crippen LogP) is 1.21. The standard InChI is InChI=1S/C11H8N4O/c12-11(16)10-9-8(13-5-14-10)6-3-1-2-4-7(6)15-9/h1-5,15H,(H2,12,16). The number of carbonyl (C=O) groups excluding carboxylic acids is 1. The number of fused-ring (bicyclic) bond motifs is 3. The van der Waals surface area contributed by atoms with Crippen molar-refractivity contribution in [2.45, 2.75) is 0 Å². The van der Waals surface area contributed by atoms with E-state index in [9.17, 15) is 4.79 Å². The molecule has 3 rings (SSSR count). The maximum atomic E-state index is 11.2. The number of para-hydroxylation sites is 1. The average Bonchev–Trinajstić information content (AvgIpc) is 2.67. The summed E-state index contributed by atoms with van der Waals surface area (Å²) in [5.41, 5.74) is 7.71. The molecule has 0 fully saturated rings. The second-order valence-corrected chi connectivity index (χ2v) is 3.48. The number of aromatic nitrogens is 3. The van der Waals surface area contributed by atoms with Crippen molar-refractivity contribution in [1.82, 2.24) is 15.0 Å². The van der Waals surface area contributed by atoms with Gasteiger partial charge in [-0.15, -0.1) is 0 Å². The van der Waals surface area contributed by atoms with Gasteiger partial charge in [0.05, 0.1) is 5.52 Å². The van der Waals surface area contributed by atoms with E-state index in [2.05, 4.69) is 15.0 Å². The first kappa shape index (κ1) is 8.84. The largest absolute Gasteiger partial charge is 0.364 e. The molecule has 1 aromatic carbocycles. The van der Waals surface area contributed by atoms with Crippen molar-refractivity contribution in [2.24, 2.45) is 5.73 Å². The van der Waals surface area contributed by atoms with Gasteiger partial charge < -0.3 is 10.7 Å². The smallest absolute Gasteiger partial charge is 0.269 e. The number of benzene rings is 1. The molecule has 16 heavy (non-hydrogen) atoms. The van der Waals surface area contributed by atoms with Crippen molar-refractivity contribution in [3.05, 3.63) is 36.3 Å². The highest BCUT2D eigenvalue weighted by atomic mass is 16.1. The van der Waals surface area contributed by atoms with Gasteiger partial charge in [-0.3, -0.25) is 4.79 Å². The van der Waals surface area contributed by atoms with E-state index in [1.54, 1.807) is 0 Å². The molecule has 2 heterocycles. The van der Waals surface area contributed by atoms with Crippen LogP contribution in [0.25, 0.3) is 21.9 Å². The number of hydrogen-bond donors (Lipinski definition) is 2. The van der Waals surface area contributed by atoms with Crippen molar-refractivity contribution < 1.29 is 4.79 Å². The Morgan fingerprint density at radius 3 is 2.88 bits per heavy atom. The maximum Gasteiger partial charge on any atom is 0.269 e. The highest BCUT2D eigenvalue weighted by Crippen LogP contribution is 2.24. The Balaban J connectivity index is 2.54. The molecule has 0 atom stereocenters. The second kappa shape index (κ2) is 3.03. The van der Waals surface area contributed by atoms with Crippen LogP contribution in [0.4, 0.5) is 0 Å². The molecule has 3 N–H and O–H groups in total. The topological polar surface area (TPSA) is 84.7 Å². The van der Waals surface area contributed by atoms with Gasteiger partial charge >= 0.3 is 0 Å². The lowest BCUT2D eigenvalue weighted by Gasteiger charge is -1.94. The number of primary amides is 1. The zero-order valence-electron chi connectivity index (χ0n) is 8.27. The fourth-order valence-corrected chi connectivity index (χ4v) is 1.83. The van der Waals surface area contributed by atoms with Crippen molar-refractivity contribution in [2.75, 3.05) is 0 Å². The van der Waals surface area contributed by atoms with Gasteiger partial charge in [0.15, 0.2) is 5.69 Å². The Morgan fingerprint density at radius 1 is 1.25 bits per heavy atom. The average molecular weight is 212 g/mol. The third kappa shape index (κ3) is 1.08. The van der Waals surface area contributed by atoms with Crippen LogP contribution in [0, 0.1) is 0 Å². The lowest BCUT2D eigenvalue weighted by Crippen LogP contribution is -2.13. The van der Waals surface area contributed by atoms with Gasteiger partial charge in [-0.1, -0.05) is 18.2 Å². The van der Waals surface area contributed by atoms with Crippen LogP contribution in [0.3, 0.4) is 0 Å². The maximum absolute atomic E-state index is 11.2. The molecule has 0 spiro atoms. The summed E-state index contributed by atoms with van der Waals surface area (Å²) >= 11 is 0. The van der Waals surface area contributed by atoms with Gasteiger partial charge in [-0.25, -0.2) is 9.97 Å². The molecule has 0 saturated heterocycles. The number of nitrogens with two attached hydrogens (primary N) is 1. The van der Waals surface area contributed by atoms with Gasteiger partial charge in [0.2, 0.25) is 0 Å². The summed E-state index contributed by atoms with van der Waals surface area (Å²) in [4.78, 5) is 22.4. The normalized spacial score (nSPS) is 11.0. The van der Waals surface area contributed by atoms with Crippen LogP contribution in [0.1, 0.15) is 10.5 Å². The van der Waals surface area contributed by atoms with Gasteiger partial charge in [-0.05, 0) is 6.07 Å². The number of H-pyrrole nitrogens is 1. The van der Waals surface area contributed by atoms with E-state index >= 15 is 0 Å². The van der Waals surface area contributed by atoms with Crippen LogP contribution in [0.5, 0.6) is 0 Å². The van der Waals surface area contributed by atoms with Gasteiger partial charge in [0, 0.05) is 10.9 Å². The third-order valence-corrected chi connectivity index (χ3v) is 2.52. The van der Waals surface area contributed by atoms with Crippen LogP contribution >= 0.6 is 0 Å². The van der Waals surface area contributed by atoms with Crippen molar-refractivity contribution in [3.8, 4) is 0 Å². The number of aromatic amines is 1. The minimum absolute atomic E-state index is 0.223. The fraction of sp³-hybridized carbons (Fsp3) is 0. The summed E-state index contributed by atoms with van der Waals surface area (Å²) in [5.74, 6) is -0.557. The third-order valence-electron chi connectivity index (χ3n) is 2.52. The lowest BCUT2D eigenvalue weighted by molar-refractivity contribution is 0.0997. The molecular weight excluding hydrogens is 204 g/mol. The number of nitrogens with zero attached hydrogens (tertiary/aromatic N) is 2. The molecule has 5 heteroatoms. The Bertz CT molecular complexity index is 701. The van der Waals surface area contributed by atoms with E-state index in [0.29, 0.717) is 5.52 Å². The number of rotatable bonds is 1. The Morgan fingerprint density at radius 2 is 2.06 bits per heavy atom. The summed E-state index contributed by atoms with van der Waals surface area (Å²) in [5, 5.41) is 0.961. The SMILES string of the molecule is NC(=O)c1ncnc2c1[nH]c1ccccc12. The molecule has 0 bridgehead atoms. The van der Waals surface area contributed by atoms with Crippen molar-refractivity contribution >= 4 is 27.8 Å². The Hall–Kier alpha value is -2.43. The number of nitrogens with one attached hydrogen (secondary N) is 1. The van der Waals surface area contributed by atoms with Crippen molar-refractivity contribution in [1.29, 1.82) is 0 Å². The van der Waals surface area contributed by atoms with Crippen LogP contribution in [-0.4, -0.2) is 20.9 Å². The molecule has 5 nitrogen and oxygen atoms in total. The van der Waals surface area contributed by atoms with Crippen LogP contribution in [0.15, 0.2) is 30.6 Å². The fourth-order valence-electron chi connectivity index (χ4n) is 1.83. The molecule has 0 saturated carbocycles. The minimum atomic E-state index is -0.557. The lowest BCUT2D eigenvalue weighted by atomic mass is 10.2. The minimum Gasteiger partial charge on any atom is -0.364 e. The van der Waals surface area contributed by atoms with E-state index in [1.807, 2.05) is 24.3 Å². The van der Waals surface area contributed by atoms with Gasteiger partial charge in [-0.2, -0.15) is 0 Å². The van der Waals surface area contributed by atoms with E-state index in [4.69, 9.17) is 5.73 Å². The summed E-state index contributed by atoms with van der Waals surface area (Å²) < 4.78 is 0. The first-order chi connectivity index (χ1) is 7.77. The van der Waals surface area contributed by atoms with Crippen LogP contribution in [-0.2, 0) is 0 Å². The van der Waals surface area contributed by atoms with Gasteiger partial charge in [0.1, 0.15) is 11.8 Å². The Labute approximate surface area is 90.3 Å². The highest BCUT2D eigenvalue weighted by Gasteiger charge is 2.13. The molecule has 0 unspecified atom stereocenters. The van der Waals surface area contributed by atoms with Gasteiger partial charge in [0.25, 0.3) is 5.91 Å². The summed E-state index contributed by atoms with van der Waals surface area (Å²) in [6.07, 6.45) is 1.35. The van der Waals surface area contributed by atoms with E-state index in [1.165, 1.54) is 6.33 Å². The summed E-state index contributed by atoms with van der Waals surface area (Å²) in [6.45, 7) is 0. The molecular formula is C11H8N4O. The first-order valence-corrected chi connectivity index (χ1v) is 4.78. The highest BCUT2D eigenvalue weighted by molar-refractivity contribution is 6.11. The molecule has 3 aromatic rings. The molecule has 2 aromatic heterocycles. The van der Waals surface area contributed by atoms with Crippen molar-refractivity contribution in [3.63, 3.8) is 0 Å². The zero-order valence-corrected chi connectivity index (χ0v) is 8.27. The van der Waals surface area contributed by atoms with E-state index in [0.717, 1.165) is 16.4 Å². The quantitative estimate of drug-likeness (QED) is 0.635. The zero-order chi connectivity index (χ0) is 11.1. The molecule has 0 aliphatic rings. The monoisotopic (exact) mass is 212 g/mol. The number of hydrogen-bond acceptors (Lipinski definition) is 3. The van der Waals surface area contributed by atoms with E-state index < -0.39 is 5.91 Å². The molecule has 1 amide bonds. The summed E-state index contributed by atoms with van der Waals surface area (Å²) in [6, 6.07) is 7.68. The number of carbonyl (C=O) groups is 1. The first-order valence-electron chi connectivity index (χ1n) is 4.78. The Kier molecular flexibility index (Phi) is 1.67. The summed E-state index contributed by atoms with van der Waals surface area (Å²) in [7, 11) is 0. The van der Waals surface area contributed by atoms with Crippen LogP contribution in [0.2, 0.25) is 0 Å². The second-order valence-electron chi connectivity index (χ2n) is 3.48. The molecule has 78 valence electrons. The van der Waals surface area contributed by atoms with E-state index in [-0.39, 0.29) is 5.69 Å². The molecule has 0 aliphatic heterocycles. The predicted molar refractivity (Wildman–Crippen MR) is 59.9 cm³/mol. The number of amides is 1. The van der Waals surface area contributed by atoms with Crippen LogP contribution < -0.4 is 5.73 Å².